The van der Waals surface area contributed by atoms with Gasteiger partial charge in [-0.25, -0.2) is 4.98 Å². The van der Waals surface area contributed by atoms with Crippen LogP contribution < -0.4 is 5.43 Å². The van der Waals surface area contributed by atoms with Gasteiger partial charge in [0.25, 0.3) is 0 Å². The number of aromatic nitrogens is 1. The van der Waals surface area contributed by atoms with Crippen molar-refractivity contribution in [1.29, 1.82) is 0 Å². The monoisotopic (exact) mass is 273 g/mol. The Bertz CT molecular complexity index is 836. The lowest BCUT2D eigenvalue weighted by atomic mass is 10.1. The molecule has 0 amide bonds. The second-order valence-corrected chi connectivity index (χ2v) is 5.22. The highest BCUT2D eigenvalue weighted by Gasteiger charge is 2.16. The van der Waals surface area contributed by atoms with Crippen molar-refractivity contribution in [2.75, 3.05) is 5.43 Å². The van der Waals surface area contributed by atoms with Crippen molar-refractivity contribution in [3.8, 4) is 0 Å². The largest absolute Gasteiger partial charge is 0.261 e. The van der Waals surface area contributed by atoms with Crippen LogP contribution in [0.3, 0.4) is 0 Å². The van der Waals surface area contributed by atoms with E-state index in [1.807, 2.05) is 24.3 Å². The SMILES string of the molecule is c1ccc2c(c1)CC/C2=N/Nc1ccc2ccccc2n1. The third-order valence-electron chi connectivity index (χ3n) is 3.86. The predicted molar refractivity (Wildman–Crippen MR) is 86.7 cm³/mol. The highest BCUT2D eigenvalue weighted by molar-refractivity contribution is 6.04. The van der Waals surface area contributed by atoms with Crippen LogP contribution in [0, 0.1) is 0 Å². The number of rotatable bonds is 2. The van der Waals surface area contributed by atoms with E-state index in [9.17, 15) is 0 Å². The number of para-hydroxylation sites is 1. The van der Waals surface area contributed by atoms with E-state index in [-0.39, 0.29) is 0 Å². The Morgan fingerprint density at radius 2 is 1.71 bits per heavy atom. The summed E-state index contributed by atoms with van der Waals surface area (Å²) in [6.45, 7) is 0. The summed E-state index contributed by atoms with van der Waals surface area (Å²) in [5.74, 6) is 0.783. The van der Waals surface area contributed by atoms with E-state index >= 15 is 0 Å². The van der Waals surface area contributed by atoms with Crippen LogP contribution in [0.5, 0.6) is 0 Å². The Hall–Kier alpha value is -2.68. The van der Waals surface area contributed by atoms with Gasteiger partial charge >= 0.3 is 0 Å². The average Bonchev–Trinajstić information content (AvgIpc) is 2.96. The maximum atomic E-state index is 4.57. The van der Waals surface area contributed by atoms with E-state index in [0.29, 0.717) is 0 Å². The lowest BCUT2D eigenvalue weighted by Crippen LogP contribution is -2.01. The topological polar surface area (TPSA) is 37.3 Å². The number of nitrogens with one attached hydrogen (secondary N) is 1. The van der Waals surface area contributed by atoms with Crippen LogP contribution >= 0.6 is 0 Å². The first-order valence-electron chi connectivity index (χ1n) is 7.17. The molecular weight excluding hydrogens is 258 g/mol. The van der Waals surface area contributed by atoms with Crippen molar-refractivity contribution in [1.82, 2.24) is 4.98 Å². The van der Waals surface area contributed by atoms with Crippen molar-refractivity contribution in [3.63, 3.8) is 0 Å². The summed E-state index contributed by atoms with van der Waals surface area (Å²) < 4.78 is 0. The first-order chi connectivity index (χ1) is 10.4. The van der Waals surface area contributed by atoms with E-state index in [4.69, 9.17) is 0 Å². The molecule has 0 bridgehead atoms. The Kier molecular flexibility index (Phi) is 2.89. The average molecular weight is 273 g/mol. The minimum Gasteiger partial charge on any atom is -0.261 e. The zero-order valence-corrected chi connectivity index (χ0v) is 11.6. The van der Waals surface area contributed by atoms with E-state index in [1.54, 1.807) is 0 Å². The molecule has 21 heavy (non-hydrogen) atoms. The Morgan fingerprint density at radius 1 is 0.857 bits per heavy atom. The van der Waals surface area contributed by atoms with Crippen molar-refractivity contribution in [3.05, 3.63) is 71.8 Å². The zero-order valence-electron chi connectivity index (χ0n) is 11.6. The van der Waals surface area contributed by atoms with Gasteiger partial charge in [0, 0.05) is 10.9 Å². The molecule has 2 aromatic carbocycles. The van der Waals surface area contributed by atoms with Gasteiger partial charge in [-0.15, -0.1) is 0 Å². The van der Waals surface area contributed by atoms with E-state index in [2.05, 4.69) is 51.9 Å². The Labute approximate surface area is 123 Å². The standard InChI is InChI=1S/C18H15N3/c1-3-7-15-13(5-1)9-11-17(15)20-21-18-12-10-14-6-2-4-8-16(14)19-18/h1-8,10,12H,9,11H2,(H,19,21)/b20-17-. The molecule has 3 nitrogen and oxygen atoms in total. The van der Waals surface area contributed by atoms with Gasteiger partial charge in [-0.3, -0.25) is 5.43 Å². The number of aryl methyl sites for hydroxylation is 1. The summed E-state index contributed by atoms with van der Waals surface area (Å²) >= 11 is 0. The smallest absolute Gasteiger partial charge is 0.146 e. The third-order valence-corrected chi connectivity index (χ3v) is 3.86. The van der Waals surface area contributed by atoms with Gasteiger partial charge in [-0.05, 0) is 36.6 Å². The van der Waals surface area contributed by atoms with Crippen molar-refractivity contribution >= 4 is 22.4 Å². The summed E-state index contributed by atoms with van der Waals surface area (Å²) in [6.07, 6.45) is 2.06. The van der Waals surface area contributed by atoms with Crippen LogP contribution in [0.25, 0.3) is 10.9 Å². The molecule has 1 aliphatic rings. The Morgan fingerprint density at radius 3 is 2.71 bits per heavy atom. The van der Waals surface area contributed by atoms with Gasteiger partial charge in [0.05, 0.1) is 11.2 Å². The number of anilines is 1. The lowest BCUT2D eigenvalue weighted by Gasteiger charge is -2.04. The third kappa shape index (κ3) is 2.27. The highest BCUT2D eigenvalue weighted by Crippen LogP contribution is 2.22. The molecule has 3 aromatic rings. The van der Waals surface area contributed by atoms with Gasteiger partial charge in [-0.2, -0.15) is 5.10 Å². The van der Waals surface area contributed by atoms with Crippen LogP contribution in [0.15, 0.2) is 65.8 Å². The molecule has 3 heteroatoms. The van der Waals surface area contributed by atoms with Crippen molar-refractivity contribution in [2.24, 2.45) is 5.10 Å². The molecule has 0 saturated heterocycles. The molecule has 0 saturated carbocycles. The van der Waals surface area contributed by atoms with E-state index in [0.717, 1.165) is 35.3 Å². The lowest BCUT2D eigenvalue weighted by molar-refractivity contribution is 1.09. The molecule has 1 heterocycles. The first-order valence-corrected chi connectivity index (χ1v) is 7.17. The summed E-state index contributed by atoms with van der Waals surface area (Å²) in [5, 5.41) is 5.69. The molecule has 0 fully saturated rings. The van der Waals surface area contributed by atoms with Gasteiger partial charge in [-0.1, -0.05) is 42.5 Å². The normalized spacial score (nSPS) is 15.3. The molecular formula is C18H15N3. The Balaban J connectivity index is 1.62. The van der Waals surface area contributed by atoms with Crippen LogP contribution in [0.4, 0.5) is 5.82 Å². The number of nitrogens with zero attached hydrogens (tertiary/aromatic N) is 2. The van der Waals surface area contributed by atoms with Gasteiger partial charge in [0.2, 0.25) is 0 Å². The summed E-state index contributed by atoms with van der Waals surface area (Å²) in [4.78, 5) is 4.57. The van der Waals surface area contributed by atoms with Crippen molar-refractivity contribution in [2.45, 2.75) is 12.8 Å². The minimum absolute atomic E-state index is 0.783. The van der Waals surface area contributed by atoms with Gasteiger partial charge < -0.3 is 0 Å². The first kappa shape index (κ1) is 12.1. The number of fused-ring (bicyclic) bond motifs is 2. The van der Waals surface area contributed by atoms with E-state index in [1.165, 1.54) is 11.1 Å². The molecule has 0 aliphatic heterocycles. The molecule has 0 atom stereocenters. The fourth-order valence-corrected chi connectivity index (χ4v) is 2.78. The van der Waals surface area contributed by atoms with Gasteiger partial charge in [0.1, 0.15) is 5.82 Å². The minimum atomic E-state index is 0.783. The molecule has 1 aromatic heterocycles. The number of hydrazone groups is 1. The summed E-state index contributed by atoms with van der Waals surface area (Å²) in [5.41, 5.74) is 7.82. The fourth-order valence-electron chi connectivity index (χ4n) is 2.78. The molecule has 1 aliphatic carbocycles. The predicted octanol–water partition coefficient (Wildman–Crippen LogP) is 4.00. The number of benzene rings is 2. The molecule has 0 radical (unpaired) electrons. The van der Waals surface area contributed by atoms with Crippen LogP contribution in [0.1, 0.15) is 17.5 Å². The van der Waals surface area contributed by atoms with Crippen LogP contribution in [-0.4, -0.2) is 10.7 Å². The number of pyridine rings is 1. The number of hydrogen-bond acceptors (Lipinski definition) is 3. The number of hydrogen-bond donors (Lipinski definition) is 1. The maximum Gasteiger partial charge on any atom is 0.146 e. The second-order valence-electron chi connectivity index (χ2n) is 5.22. The van der Waals surface area contributed by atoms with Crippen molar-refractivity contribution < 1.29 is 0 Å². The quantitative estimate of drug-likeness (QED) is 0.717. The molecule has 1 N–H and O–H groups in total. The molecule has 4 rings (SSSR count). The fraction of sp³-hybridized carbons (Fsp3) is 0.111. The second kappa shape index (κ2) is 5.02. The highest BCUT2D eigenvalue weighted by atomic mass is 15.3. The van der Waals surface area contributed by atoms with E-state index < -0.39 is 0 Å². The van der Waals surface area contributed by atoms with Gasteiger partial charge in [0.15, 0.2) is 0 Å². The molecule has 102 valence electrons. The summed E-state index contributed by atoms with van der Waals surface area (Å²) in [7, 11) is 0. The maximum absolute atomic E-state index is 4.57. The summed E-state index contributed by atoms with van der Waals surface area (Å²) in [6, 6.07) is 20.6. The van der Waals surface area contributed by atoms with Crippen LogP contribution in [-0.2, 0) is 6.42 Å². The molecule has 0 spiro atoms. The molecule has 0 unspecified atom stereocenters. The van der Waals surface area contributed by atoms with Crippen LogP contribution in [0.2, 0.25) is 0 Å². The zero-order chi connectivity index (χ0) is 14.1.